The lowest BCUT2D eigenvalue weighted by molar-refractivity contribution is -0.117. The first-order chi connectivity index (χ1) is 8.14. The Morgan fingerprint density at radius 1 is 1.35 bits per heavy atom. The number of benzene rings is 1. The minimum absolute atomic E-state index is 0.181. The molecule has 0 bridgehead atoms. The molecule has 17 heavy (non-hydrogen) atoms. The summed E-state index contributed by atoms with van der Waals surface area (Å²) in [5, 5.41) is 0. The number of hydrogen-bond acceptors (Lipinski definition) is 1. The second-order valence-electron chi connectivity index (χ2n) is 5.59. The monoisotopic (exact) mass is 229 g/mol. The molecule has 0 aromatic heterocycles. The van der Waals surface area contributed by atoms with E-state index >= 15 is 0 Å². The largest absolute Gasteiger partial charge is 0.308 e. The minimum atomic E-state index is 0.181. The molecule has 1 aliphatic carbocycles. The average Bonchev–Trinajstić information content (AvgIpc) is 2.59. The molecular formula is C15H19NO. The zero-order valence-corrected chi connectivity index (χ0v) is 10.6. The molecule has 0 spiro atoms. The number of fused-ring (bicyclic) bond motifs is 3. The maximum atomic E-state index is 11.9. The van der Waals surface area contributed by atoms with Crippen LogP contribution in [-0.4, -0.2) is 11.9 Å². The minimum Gasteiger partial charge on any atom is -0.308 e. The summed E-state index contributed by atoms with van der Waals surface area (Å²) in [4.78, 5) is 14.0. The van der Waals surface area contributed by atoms with Gasteiger partial charge in [-0.2, -0.15) is 0 Å². The number of carbonyl (C=O) groups is 1. The van der Waals surface area contributed by atoms with E-state index in [9.17, 15) is 4.79 Å². The maximum absolute atomic E-state index is 11.9. The predicted octanol–water partition coefficient (Wildman–Crippen LogP) is 3.25. The fourth-order valence-electron chi connectivity index (χ4n) is 3.77. The van der Waals surface area contributed by atoms with Crippen LogP contribution in [0, 0.1) is 0 Å². The van der Waals surface area contributed by atoms with Gasteiger partial charge in [0.25, 0.3) is 0 Å². The topological polar surface area (TPSA) is 20.3 Å². The second kappa shape index (κ2) is 3.59. The zero-order chi connectivity index (χ0) is 12.0. The summed E-state index contributed by atoms with van der Waals surface area (Å²) < 4.78 is 0. The Labute approximate surface area is 103 Å². The fourth-order valence-corrected chi connectivity index (χ4v) is 3.77. The molecule has 1 fully saturated rings. The van der Waals surface area contributed by atoms with Crippen molar-refractivity contribution in [2.24, 2.45) is 0 Å². The first-order valence-electron chi connectivity index (χ1n) is 6.54. The summed E-state index contributed by atoms with van der Waals surface area (Å²) in [6.07, 6.45) is 4.88. The molecule has 1 aliphatic heterocycles. The second-order valence-corrected chi connectivity index (χ2v) is 5.59. The molecule has 0 radical (unpaired) electrons. The Kier molecular flexibility index (Phi) is 2.29. The van der Waals surface area contributed by atoms with Crippen molar-refractivity contribution in [2.75, 3.05) is 4.90 Å². The predicted molar refractivity (Wildman–Crippen MR) is 69.2 cm³/mol. The van der Waals surface area contributed by atoms with Crippen LogP contribution in [0.15, 0.2) is 24.3 Å². The Hall–Kier alpha value is -1.31. The lowest BCUT2D eigenvalue weighted by Gasteiger charge is -2.39. The Morgan fingerprint density at radius 2 is 2.12 bits per heavy atom. The van der Waals surface area contributed by atoms with Crippen LogP contribution in [0.2, 0.25) is 0 Å². The van der Waals surface area contributed by atoms with Gasteiger partial charge >= 0.3 is 0 Å². The molecule has 1 saturated carbocycles. The molecule has 0 unspecified atom stereocenters. The van der Waals surface area contributed by atoms with Crippen molar-refractivity contribution in [1.82, 2.24) is 0 Å². The van der Waals surface area contributed by atoms with Crippen molar-refractivity contribution >= 4 is 11.6 Å². The van der Waals surface area contributed by atoms with E-state index in [2.05, 4.69) is 25.1 Å². The number of anilines is 1. The number of carbonyl (C=O) groups excluding carboxylic acids is 1. The molecule has 1 heterocycles. The van der Waals surface area contributed by atoms with Gasteiger partial charge in [-0.05, 0) is 24.5 Å². The van der Waals surface area contributed by atoms with Crippen molar-refractivity contribution in [3.63, 3.8) is 0 Å². The van der Waals surface area contributed by atoms with E-state index < -0.39 is 0 Å². The van der Waals surface area contributed by atoms with Crippen LogP contribution in [0.3, 0.4) is 0 Å². The van der Waals surface area contributed by atoms with Crippen LogP contribution in [0.4, 0.5) is 5.69 Å². The molecular weight excluding hydrogens is 210 g/mol. The van der Waals surface area contributed by atoms with Gasteiger partial charge in [-0.25, -0.2) is 0 Å². The van der Waals surface area contributed by atoms with E-state index in [1.54, 1.807) is 6.92 Å². The highest BCUT2D eigenvalue weighted by Crippen LogP contribution is 2.51. The summed E-state index contributed by atoms with van der Waals surface area (Å²) >= 11 is 0. The molecule has 2 atom stereocenters. The van der Waals surface area contributed by atoms with Crippen LogP contribution in [0.5, 0.6) is 0 Å². The summed E-state index contributed by atoms with van der Waals surface area (Å²) in [6, 6.07) is 8.82. The van der Waals surface area contributed by atoms with Gasteiger partial charge < -0.3 is 4.90 Å². The quantitative estimate of drug-likeness (QED) is 0.668. The maximum Gasteiger partial charge on any atom is 0.224 e. The SMILES string of the molecule is CC(=O)N1c2ccccc2[C@@]2(C)CCCC[C@@H]12. The van der Waals surface area contributed by atoms with Crippen molar-refractivity contribution in [3.8, 4) is 0 Å². The Balaban J connectivity index is 2.18. The van der Waals surface area contributed by atoms with Crippen LogP contribution in [0.25, 0.3) is 0 Å². The summed E-state index contributed by atoms with van der Waals surface area (Å²) in [6.45, 7) is 4.02. The van der Waals surface area contributed by atoms with E-state index in [1.807, 2.05) is 11.0 Å². The number of para-hydroxylation sites is 1. The highest BCUT2D eigenvalue weighted by Gasteiger charge is 2.49. The first-order valence-corrected chi connectivity index (χ1v) is 6.54. The van der Waals surface area contributed by atoms with E-state index in [4.69, 9.17) is 0 Å². The fraction of sp³-hybridized carbons (Fsp3) is 0.533. The Bertz CT molecular complexity index is 468. The van der Waals surface area contributed by atoms with Crippen LogP contribution in [0.1, 0.15) is 45.1 Å². The molecule has 90 valence electrons. The third-order valence-corrected chi connectivity index (χ3v) is 4.59. The van der Waals surface area contributed by atoms with E-state index in [-0.39, 0.29) is 11.3 Å². The van der Waals surface area contributed by atoms with Crippen LogP contribution < -0.4 is 4.90 Å². The summed E-state index contributed by atoms with van der Waals surface area (Å²) in [7, 11) is 0. The first kappa shape index (κ1) is 10.8. The van der Waals surface area contributed by atoms with Gasteiger partial charge in [0, 0.05) is 24.1 Å². The smallest absolute Gasteiger partial charge is 0.224 e. The van der Waals surface area contributed by atoms with Crippen molar-refractivity contribution in [3.05, 3.63) is 29.8 Å². The van der Waals surface area contributed by atoms with E-state index in [0.29, 0.717) is 6.04 Å². The van der Waals surface area contributed by atoms with Crippen LogP contribution in [-0.2, 0) is 10.2 Å². The third kappa shape index (κ3) is 1.36. The average molecular weight is 229 g/mol. The number of rotatable bonds is 0. The van der Waals surface area contributed by atoms with Gasteiger partial charge in [0.05, 0.1) is 0 Å². The molecule has 0 N–H and O–H groups in total. The van der Waals surface area contributed by atoms with E-state index in [0.717, 1.165) is 12.1 Å². The molecule has 1 amide bonds. The van der Waals surface area contributed by atoms with Gasteiger partial charge in [0.2, 0.25) is 5.91 Å². The highest BCUT2D eigenvalue weighted by molar-refractivity contribution is 5.95. The van der Waals surface area contributed by atoms with Crippen molar-refractivity contribution in [1.29, 1.82) is 0 Å². The molecule has 1 aromatic carbocycles. The third-order valence-electron chi connectivity index (χ3n) is 4.59. The van der Waals surface area contributed by atoms with Crippen LogP contribution >= 0.6 is 0 Å². The van der Waals surface area contributed by atoms with Gasteiger partial charge in [-0.1, -0.05) is 38.0 Å². The molecule has 0 saturated heterocycles. The number of amides is 1. The Morgan fingerprint density at radius 3 is 2.88 bits per heavy atom. The normalized spacial score (nSPS) is 30.9. The molecule has 2 aliphatic rings. The van der Waals surface area contributed by atoms with E-state index in [1.165, 1.54) is 24.8 Å². The van der Waals surface area contributed by atoms with Crippen molar-refractivity contribution < 1.29 is 4.79 Å². The molecule has 1 aromatic rings. The summed E-state index contributed by atoms with van der Waals surface area (Å²) in [5.41, 5.74) is 2.70. The van der Waals surface area contributed by atoms with Gasteiger partial charge in [-0.3, -0.25) is 4.79 Å². The number of nitrogens with zero attached hydrogens (tertiary/aromatic N) is 1. The molecule has 2 nitrogen and oxygen atoms in total. The van der Waals surface area contributed by atoms with Gasteiger partial charge in [0.1, 0.15) is 0 Å². The molecule has 2 heteroatoms. The zero-order valence-electron chi connectivity index (χ0n) is 10.6. The number of hydrogen-bond donors (Lipinski definition) is 0. The lowest BCUT2D eigenvalue weighted by atomic mass is 9.69. The van der Waals surface area contributed by atoms with Gasteiger partial charge in [-0.15, -0.1) is 0 Å². The highest BCUT2D eigenvalue weighted by atomic mass is 16.2. The summed E-state index contributed by atoms with van der Waals surface area (Å²) in [5.74, 6) is 0.188. The standard InChI is InChI=1S/C15H19NO/c1-11(17)16-13-8-4-3-7-12(13)15(2)10-6-5-9-14(15)16/h3-4,7-8,14H,5-6,9-10H2,1-2H3/t14-,15-/m1/s1. The molecule has 3 rings (SSSR count). The lowest BCUT2D eigenvalue weighted by Crippen LogP contribution is -2.47. The van der Waals surface area contributed by atoms with Crippen molar-refractivity contribution in [2.45, 2.75) is 51.0 Å². The van der Waals surface area contributed by atoms with Gasteiger partial charge in [0.15, 0.2) is 0 Å².